The van der Waals surface area contributed by atoms with Crippen LogP contribution in [0, 0.1) is 5.41 Å². The van der Waals surface area contributed by atoms with Gasteiger partial charge < -0.3 is 10.6 Å². The number of nitrogens with one attached hydrogen (secondary N) is 2. The lowest BCUT2D eigenvalue weighted by Gasteiger charge is -2.34. The SMILES string of the molecule is CC1(CNC(=O)c2sccc2Cl)CCNCC1.Cl. The summed E-state index contributed by atoms with van der Waals surface area (Å²) in [5.74, 6) is -0.0512. The zero-order valence-electron chi connectivity index (χ0n) is 10.3. The molecule has 6 heteroatoms. The fourth-order valence-electron chi connectivity index (χ4n) is 2.04. The summed E-state index contributed by atoms with van der Waals surface area (Å²) >= 11 is 7.32. The number of rotatable bonds is 3. The van der Waals surface area contributed by atoms with E-state index in [1.165, 1.54) is 11.3 Å². The summed E-state index contributed by atoms with van der Waals surface area (Å²) in [7, 11) is 0. The van der Waals surface area contributed by atoms with Gasteiger partial charge in [-0.1, -0.05) is 18.5 Å². The maximum absolute atomic E-state index is 11.9. The van der Waals surface area contributed by atoms with Crippen molar-refractivity contribution in [2.75, 3.05) is 19.6 Å². The normalized spacial score (nSPS) is 17.9. The Morgan fingerprint density at radius 2 is 2.22 bits per heavy atom. The van der Waals surface area contributed by atoms with Crippen LogP contribution >= 0.6 is 35.3 Å². The largest absolute Gasteiger partial charge is 0.351 e. The van der Waals surface area contributed by atoms with Crippen LogP contribution in [0.2, 0.25) is 5.02 Å². The lowest BCUT2D eigenvalue weighted by molar-refractivity contribution is 0.0926. The van der Waals surface area contributed by atoms with Crippen LogP contribution in [0.1, 0.15) is 29.4 Å². The van der Waals surface area contributed by atoms with Crippen LogP contribution in [0.25, 0.3) is 0 Å². The molecule has 2 rings (SSSR count). The van der Waals surface area contributed by atoms with E-state index < -0.39 is 0 Å². The van der Waals surface area contributed by atoms with E-state index in [4.69, 9.17) is 11.6 Å². The highest BCUT2D eigenvalue weighted by Gasteiger charge is 2.27. The predicted octanol–water partition coefficient (Wildman–Crippen LogP) is 2.94. The van der Waals surface area contributed by atoms with Gasteiger partial charge in [0.2, 0.25) is 0 Å². The first-order valence-corrected chi connectivity index (χ1v) is 7.08. The molecule has 2 heterocycles. The molecule has 1 saturated heterocycles. The Balaban J connectivity index is 0.00000162. The van der Waals surface area contributed by atoms with Crippen molar-refractivity contribution in [1.29, 1.82) is 0 Å². The molecule has 0 saturated carbocycles. The van der Waals surface area contributed by atoms with Gasteiger partial charge in [-0.15, -0.1) is 23.7 Å². The maximum Gasteiger partial charge on any atom is 0.262 e. The van der Waals surface area contributed by atoms with Crippen molar-refractivity contribution in [1.82, 2.24) is 10.6 Å². The molecule has 1 fully saturated rings. The van der Waals surface area contributed by atoms with Crippen molar-refractivity contribution >= 4 is 41.3 Å². The summed E-state index contributed by atoms with van der Waals surface area (Å²) in [5, 5.41) is 8.71. The van der Waals surface area contributed by atoms with Gasteiger partial charge in [0.05, 0.1) is 5.02 Å². The standard InChI is InChI=1S/C12H17ClN2OS.ClH/c1-12(3-5-14-6-4-12)8-15-11(16)10-9(13)2-7-17-10;/h2,7,14H,3-6,8H2,1H3,(H,15,16);1H. The van der Waals surface area contributed by atoms with E-state index in [1.807, 2.05) is 5.38 Å². The molecular weight excluding hydrogens is 291 g/mol. The topological polar surface area (TPSA) is 41.1 Å². The number of amides is 1. The monoisotopic (exact) mass is 308 g/mol. The Morgan fingerprint density at radius 1 is 1.56 bits per heavy atom. The molecule has 0 spiro atoms. The van der Waals surface area contributed by atoms with E-state index in [2.05, 4.69) is 17.6 Å². The average molecular weight is 309 g/mol. The third-order valence-corrected chi connectivity index (χ3v) is 4.65. The van der Waals surface area contributed by atoms with Gasteiger partial charge in [-0.2, -0.15) is 0 Å². The Hall–Kier alpha value is -0.290. The fourth-order valence-corrected chi connectivity index (χ4v) is 3.09. The number of carbonyl (C=O) groups excluding carboxylic acids is 1. The second-order valence-corrected chi connectivity index (χ2v) is 6.16. The van der Waals surface area contributed by atoms with E-state index in [9.17, 15) is 4.79 Å². The summed E-state index contributed by atoms with van der Waals surface area (Å²) in [6.45, 7) is 5.02. The Morgan fingerprint density at radius 3 is 2.78 bits per heavy atom. The van der Waals surface area contributed by atoms with Crippen LogP contribution < -0.4 is 10.6 Å². The minimum atomic E-state index is -0.0512. The van der Waals surface area contributed by atoms with Crippen LogP contribution in [-0.4, -0.2) is 25.5 Å². The summed E-state index contributed by atoms with van der Waals surface area (Å²) in [6, 6.07) is 1.76. The average Bonchev–Trinajstić information content (AvgIpc) is 2.74. The first kappa shape index (κ1) is 15.8. The lowest BCUT2D eigenvalue weighted by Crippen LogP contribution is -2.42. The highest BCUT2D eigenvalue weighted by atomic mass is 35.5. The first-order chi connectivity index (χ1) is 8.11. The van der Waals surface area contributed by atoms with Crippen molar-refractivity contribution in [3.63, 3.8) is 0 Å². The lowest BCUT2D eigenvalue weighted by atomic mass is 9.81. The Labute approximate surface area is 123 Å². The molecule has 0 aliphatic carbocycles. The van der Waals surface area contributed by atoms with E-state index in [0.717, 1.165) is 32.5 Å². The molecule has 0 unspecified atom stereocenters. The second kappa shape index (κ2) is 6.75. The van der Waals surface area contributed by atoms with Crippen LogP contribution in [0.5, 0.6) is 0 Å². The maximum atomic E-state index is 11.9. The molecule has 1 aromatic heterocycles. The third-order valence-electron chi connectivity index (χ3n) is 3.31. The predicted molar refractivity (Wildman–Crippen MR) is 79.1 cm³/mol. The van der Waals surface area contributed by atoms with Gasteiger partial charge in [0.15, 0.2) is 0 Å². The van der Waals surface area contributed by atoms with Crippen LogP contribution in [-0.2, 0) is 0 Å². The smallest absolute Gasteiger partial charge is 0.262 e. The van der Waals surface area contributed by atoms with Gasteiger partial charge in [0, 0.05) is 6.54 Å². The summed E-state index contributed by atoms with van der Waals surface area (Å²) in [5.41, 5.74) is 0.213. The van der Waals surface area contributed by atoms with E-state index >= 15 is 0 Å². The van der Waals surface area contributed by atoms with Gasteiger partial charge in [0.25, 0.3) is 5.91 Å². The number of hydrogen-bond acceptors (Lipinski definition) is 3. The van der Waals surface area contributed by atoms with Crippen molar-refractivity contribution in [2.45, 2.75) is 19.8 Å². The van der Waals surface area contributed by atoms with Gasteiger partial charge in [-0.3, -0.25) is 4.79 Å². The molecule has 1 aliphatic rings. The molecule has 102 valence electrons. The van der Waals surface area contributed by atoms with Crippen molar-refractivity contribution in [3.05, 3.63) is 21.3 Å². The third kappa shape index (κ3) is 3.85. The van der Waals surface area contributed by atoms with Crippen LogP contribution in [0.4, 0.5) is 0 Å². The number of carbonyl (C=O) groups is 1. The molecule has 1 aliphatic heterocycles. The minimum Gasteiger partial charge on any atom is -0.351 e. The molecule has 0 atom stereocenters. The molecule has 18 heavy (non-hydrogen) atoms. The van der Waals surface area contributed by atoms with E-state index in [-0.39, 0.29) is 23.7 Å². The van der Waals surface area contributed by atoms with Crippen molar-refractivity contribution in [3.8, 4) is 0 Å². The summed E-state index contributed by atoms with van der Waals surface area (Å²) in [4.78, 5) is 12.5. The number of thiophene rings is 1. The highest BCUT2D eigenvalue weighted by Crippen LogP contribution is 2.27. The zero-order chi connectivity index (χ0) is 12.3. The van der Waals surface area contributed by atoms with Gasteiger partial charge >= 0.3 is 0 Å². The highest BCUT2D eigenvalue weighted by molar-refractivity contribution is 7.12. The number of halogens is 2. The van der Waals surface area contributed by atoms with Gasteiger partial charge in [-0.25, -0.2) is 0 Å². The Bertz CT molecular complexity index is 403. The van der Waals surface area contributed by atoms with Gasteiger partial charge in [-0.05, 0) is 42.8 Å². The molecule has 0 radical (unpaired) electrons. The van der Waals surface area contributed by atoms with Crippen LogP contribution in [0.3, 0.4) is 0 Å². The first-order valence-electron chi connectivity index (χ1n) is 5.83. The molecule has 3 nitrogen and oxygen atoms in total. The van der Waals surface area contributed by atoms with Crippen molar-refractivity contribution < 1.29 is 4.79 Å². The molecule has 1 amide bonds. The summed E-state index contributed by atoms with van der Waals surface area (Å²) in [6.07, 6.45) is 2.21. The quantitative estimate of drug-likeness (QED) is 0.901. The minimum absolute atomic E-state index is 0. The Kier molecular flexibility index (Phi) is 5.92. The molecular formula is C12H18Cl2N2OS. The molecule has 0 bridgehead atoms. The van der Waals surface area contributed by atoms with E-state index in [0.29, 0.717) is 9.90 Å². The van der Waals surface area contributed by atoms with Crippen molar-refractivity contribution in [2.24, 2.45) is 5.41 Å². The van der Waals surface area contributed by atoms with Gasteiger partial charge in [0.1, 0.15) is 4.88 Å². The van der Waals surface area contributed by atoms with E-state index in [1.54, 1.807) is 6.07 Å². The molecule has 2 N–H and O–H groups in total. The number of piperidine rings is 1. The molecule has 0 aromatic carbocycles. The fraction of sp³-hybridized carbons (Fsp3) is 0.583. The van der Waals surface area contributed by atoms with Crippen LogP contribution in [0.15, 0.2) is 11.4 Å². The zero-order valence-corrected chi connectivity index (χ0v) is 12.7. The summed E-state index contributed by atoms with van der Waals surface area (Å²) < 4.78 is 0. The molecule has 1 aromatic rings. The number of hydrogen-bond donors (Lipinski definition) is 2. The second-order valence-electron chi connectivity index (χ2n) is 4.84.